The molecule has 2 heterocycles. The SMILES string of the molecule is CNc1cc(C(=O)N2CCNC(=O)C2)c2ccccc2n1. The number of hydrogen-bond donors (Lipinski definition) is 2. The van der Waals surface area contributed by atoms with Gasteiger partial charge in [-0.3, -0.25) is 9.59 Å². The molecule has 6 nitrogen and oxygen atoms in total. The second-order valence-corrected chi connectivity index (χ2v) is 4.90. The molecule has 0 saturated carbocycles. The van der Waals surface area contributed by atoms with Crippen LogP contribution in [-0.4, -0.2) is 48.4 Å². The summed E-state index contributed by atoms with van der Waals surface area (Å²) in [6.07, 6.45) is 0. The molecule has 6 heteroatoms. The first-order valence-corrected chi connectivity index (χ1v) is 6.82. The fourth-order valence-corrected chi connectivity index (χ4v) is 2.46. The van der Waals surface area contributed by atoms with Gasteiger partial charge in [-0.1, -0.05) is 18.2 Å². The molecule has 0 radical (unpaired) electrons. The Balaban J connectivity index is 2.05. The van der Waals surface area contributed by atoms with Gasteiger partial charge in [0.05, 0.1) is 17.6 Å². The highest BCUT2D eigenvalue weighted by molar-refractivity contribution is 6.08. The zero-order valence-corrected chi connectivity index (χ0v) is 11.7. The fourth-order valence-electron chi connectivity index (χ4n) is 2.46. The number of pyridine rings is 1. The highest BCUT2D eigenvalue weighted by Gasteiger charge is 2.24. The highest BCUT2D eigenvalue weighted by atomic mass is 16.2. The number of piperazine rings is 1. The lowest BCUT2D eigenvalue weighted by atomic mass is 10.1. The third kappa shape index (κ3) is 2.52. The van der Waals surface area contributed by atoms with E-state index in [4.69, 9.17) is 0 Å². The molecule has 0 aliphatic carbocycles. The summed E-state index contributed by atoms with van der Waals surface area (Å²) in [6, 6.07) is 9.24. The lowest BCUT2D eigenvalue weighted by molar-refractivity contribution is -0.123. The van der Waals surface area contributed by atoms with Crippen molar-refractivity contribution in [1.29, 1.82) is 0 Å². The first-order valence-electron chi connectivity index (χ1n) is 6.82. The van der Waals surface area contributed by atoms with E-state index in [2.05, 4.69) is 15.6 Å². The monoisotopic (exact) mass is 284 g/mol. The first kappa shape index (κ1) is 13.4. The third-order valence-electron chi connectivity index (χ3n) is 3.53. The van der Waals surface area contributed by atoms with Crippen molar-refractivity contribution in [3.63, 3.8) is 0 Å². The average molecular weight is 284 g/mol. The quantitative estimate of drug-likeness (QED) is 0.857. The van der Waals surface area contributed by atoms with Crippen LogP contribution in [0.15, 0.2) is 30.3 Å². The minimum Gasteiger partial charge on any atom is -0.373 e. The molecule has 0 bridgehead atoms. The zero-order valence-electron chi connectivity index (χ0n) is 11.7. The van der Waals surface area contributed by atoms with Gasteiger partial charge in [-0.25, -0.2) is 4.98 Å². The van der Waals surface area contributed by atoms with Crippen LogP contribution in [0.25, 0.3) is 10.9 Å². The van der Waals surface area contributed by atoms with Crippen molar-refractivity contribution in [3.8, 4) is 0 Å². The standard InChI is InChI=1S/C15H16N4O2/c1-16-13-8-11(10-4-2-3-5-12(10)18-13)15(21)19-7-6-17-14(20)9-19/h2-5,8H,6-7,9H2,1H3,(H,16,18)(H,17,20). The van der Waals surface area contributed by atoms with Crippen LogP contribution in [0, 0.1) is 0 Å². The van der Waals surface area contributed by atoms with Gasteiger partial charge in [0.15, 0.2) is 0 Å². The number of rotatable bonds is 2. The lowest BCUT2D eigenvalue weighted by Gasteiger charge is -2.27. The van der Waals surface area contributed by atoms with E-state index >= 15 is 0 Å². The topological polar surface area (TPSA) is 74.3 Å². The minimum absolute atomic E-state index is 0.102. The van der Waals surface area contributed by atoms with Crippen LogP contribution in [-0.2, 0) is 4.79 Å². The second-order valence-electron chi connectivity index (χ2n) is 4.90. The Morgan fingerprint density at radius 2 is 2.19 bits per heavy atom. The molecule has 0 unspecified atom stereocenters. The number of nitrogens with one attached hydrogen (secondary N) is 2. The first-order chi connectivity index (χ1) is 10.2. The Bertz CT molecular complexity index is 714. The molecule has 1 aromatic carbocycles. The van der Waals surface area contributed by atoms with Crippen molar-refractivity contribution in [3.05, 3.63) is 35.9 Å². The van der Waals surface area contributed by atoms with E-state index in [1.54, 1.807) is 18.0 Å². The van der Waals surface area contributed by atoms with Crippen molar-refractivity contribution in [2.45, 2.75) is 0 Å². The molecule has 1 fully saturated rings. The largest absolute Gasteiger partial charge is 0.373 e. The molecule has 1 aliphatic heterocycles. The number of carbonyl (C=O) groups is 2. The van der Waals surface area contributed by atoms with Crippen molar-refractivity contribution in [2.24, 2.45) is 0 Å². The lowest BCUT2D eigenvalue weighted by Crippen LogP contribution is -2.50. The molecule has 3 rings (SSSR count). The van der Waals surface area contributed by atoms with Crippen LogP contribution in [0.2, 0.25) is 0 Å². The van der Waals surface area contributed by atoms with Crippen LogP contribution in [0.3, 0.4) is 0 Å². The zero-order chi connectivity index (χ0) is 14.8. The summed E-state index contributed by atoms with van der Waals surface area (Å²) in [7, 11) is 1.76. The molecule has 1 aromatic heterocycles. The van der Waals surface area contributed by atoms with Crippen LogP contribution in [0.4, 0.5) is 5.82 Å². The number of carbonyl (C=O) groups excluding carboxylic acids is 2. The molecule has 1 saturated heterocycles. The van der Waals surface area contributed by atoms with Gasteiger partial charge in [0.1, 0.15) is 5.82 Å². The molecule has 0 spiro atoms. The number of hydrogen-bond acceptors (Lipinski definition) is 4. The summed E-state index contributed by atoms with van der Waals surface area (Å²) < 4.78 is 0. The molecule has 108 valence electrons. The molecular formula is C15H16N4O2. The average Bonchev–Trinajstić information content (AvgIpc) is 2.53. The Hall–Kier alpha value is -2.63. The number of para-hydroxylation sites is 1. The van der Waals surface area contributed by atoms with Gasteiger partial charge in [-0.15, -0.1) is 0 Å². The maximum atomic E-state index is 12.7. The van der Waals surface area contributed by atoms with Gasteiger partial charge < -0.3 is 15.5 Å². The van der Waals surface area contributed by atoms with Gasteiger partial charge in [0.2, 0.25) is 5.91 Å². The molecule has 2 N–H and O–H groups in total. The fraction of sp³-hybridized carbons (Fsp3) is 0.267. The molecule has 2 aromatic rings. The van der Waals surface area contributed by atoms with Crippen LogP contribution in [0.1, 0.15) is 10.4 Å². The normalized spacial score (nSPS) is 14.9. The van der Waals surface area contributed by atoms with Crippen molar-refractivity contribution in [1.82, 2.24) is 15.2 Å². The predicted octanol–water partition coefficient (Wildman–Crippen LogP) is 0.848. The maximum Gasteiger partial charge on any atom is 0.255 e. The summed E-state index contributed by atoms with van der Waals surface area (Å²) >= 11 is 0. The smallest absolute Gasteiger partial charge is 0.255 e. The van der Waals surface area contributed by atoms with E-state index in [1.165, 1.54) is 0 Å². The number of benzene rings is 1. The van der Waals surface area contributed by atoms with E-state index in [9.17, 15) is 9.59 Å². The Kier molecular flexibility index (Phi) is 3.43. The van der Waals surface area contributed by atoms with Gasteiger partial charge in [-0.05, 0) is 12.1 Å². The summed E-state index contributed by atoms with van der Waals surface area (Å²) in [6.45, 7) is 1.12. The predicted molar refractivity (Wildman–Crippen MR) is 80.2 cm³/mol. The minimum atomic E-state index is -0.139. The van der Waals surface area contributed by atoms with Crippen molar-refractivity contribution in [2.75, 3.05) is 32.0 Å². The second kappa shape index (κ2) is 5.40. The Labute approximate surface area is 122 Å². The summed E-state index contributed by atoms with van der Waals surface area (Å²) in [5.74, 6) is 0.375. The van der Waals surface area contributed by atoms with Crippen molar-refractivity contribution < 1.29 is 9.59 Å². The summed E-state index contributed by atoms with van der Waals surface area (Å²) in [5, 5.41) is 6.48. The Morgan fingerprint density at radius 1 is 1.38 bits per heavy atom. The number of anilines is 1. The van der Waals surface area contributed by atoms with Crippen LogP contribution in [0.5, 0.6) is 0 Å². The van der Waals surface area contributed by atoms with Crippen molar-refractivity contribution >= 4 is 28.5 Å². The van der Waals surface area contributed by atoms with Crippen LogP contribution >= 0.6 is 0 Å². The van der Waals surface area contributed by atoms with E-state index in [0.29, 0.717) is 24.5 Å². The number of fused-ring (bicyclic) bond motifs is 1. The highest BCUT2D eigenvalue weighted by Crippen LogP contribution is 2.22. The van der Waals surface area contributed by atoms with E-state index in [-0.39, 0.29) is 18.4 Å². The molecule has 21 heavy (non-hydrogen) atoms. The number of amides is 2. The molecule has 0 atom stereocenters. The van der Waals surface area contributed by atoms with E-state index in [1.807, 2.05) is 24.3 Å². The number of nitrogens with zero attached hydrogens (tertiary/aromatic N) is 2. The Morgan fingerprint density at radius 3 is 2.95 bits per heavy atom. The molecule has 1 aliphatic rings. The van der Waals surface area contributed by atoms with Gasteiger partial charge >= 0.3 is 0 Å². The maximum absolute atomic E-state index is 12.7. The van der Waals surface area contributed by atoms with Gasteiger partial charge in [0.25, 0.3) is 5.91 Å². The van der Waals surface area contributed by atoms with Crippen LogP contribution < -0.4 is 10.6 Å². The number of aromatic nitrogens is 1. The summed E-state index contributed by atoms with van der Waals surface area (Å²) in [4.78, 5) is 30.2. The van der Waals surface area contributed by atoms with Gasteiger partial charge in [0, 0.05) is 25.5 Å². The van der Waals surface area contributed by atoms with Gasteiger partial charge in [-0.2, -0.15) is 0 Å². The van der Waals surface area contributed by atoms with E-state index in [0.717, 1.165) is 10.9 Å². The summed E-state index contributed by atoms with van der Waals surface area (Å²) in [5.41, 5.74) is 1.33. The molecular weight excluding hydrogens is 268 g/mol. The molecule has 2 amide bonds. The third-order valence-corrected chi connectivity index (χ3v) is 3.53. The van der Waals surface area contributed by atoms with E-state index < -0.39 is 0 Å².